The first-order valence-corrected chi connectivity index (χ1v) is 9.15. The minimum absolute atomic E-state index is 0.625. The number of hydrogen-bond acceptors (Lipinski definition) is 4. The van der Waals surface area contributed by atoms with Crippen LogP contribution in [0.25, 0.3) is 0 Å². The fraction of sp³-hybridized carbons (Fsp3) is 0.238. The molecule has 134 valence electrons. The Morgan fingerprint density at radius 1 is 1.00 bits per heavy atom. The van der Waals surface area contributed by atoms with E-state index in [4.69, 9.17) is 16.6 Å². The zero-order chi connectivity index (χ0) is 18.4. The van der Waals surface area contributed by atoms with Gasteiger partial charge in [-0.25, -0.2) is 4.98 Å². The standard InChI is InChI=1S/C21H23ClN4/c1-3-26(15-17-9-5-4-6-10-17)21-24-16(2)13-20(25-21)23-14-18-11-7-8-12-19(18)22/h4-13H,3,14-15H2,1-2H3,(H,23,24,25). The zero-order valence-electron chi connectivity index (χ0n) is 15.1. The molecular weight excluding hydrogens is 344 g/mol. The van der Waals surface area contributed by atoms with Gasteiger partial charge in [-0.2, -0.15) is 4.98 Å². The number of rotatable bonds is 7. The van der Waals surface area contributed by atoms with Crippen LogP contribution >= 0.6 is 11.6 Å². The van der Waals surface area contributed by atoms with Crippen molar-refractivity contribution in [1.29, 1.82) is 0 Å². The van der Waals surface area contributed by atoms with Crippen LogP contribution in [0.15, 0.2) is 60.7 Å². The molecule has 0 aliphatic rings. The smallest absolute Gasteiger partial charge is 0.227 e. The highest BCUT2D eigenvalue weighted by Crippen LogP contribution is 2.19. The molecule has 0 aliphatic carbocycles. The van der Waals surface area contributed by atoms with E-state index < -0.39 is 0 Å². The summed E-state index contributed by atoms with van der Waals surface area (Å²) < 4.78 is 0. The predicted molar refractivity (Wildman–Crippen MR) is 109 cm³/mol. The van der Waals surface area contributed by atoms with E-state index in [1.165, 1.54) is 5.56 Å². The third-order valence-corrected chi connectivity index (χ3v) is 4.51. The normalized spacial score (nSPS) is 10.6. The van der Waals surface area contributed by atoms with Gasteiger partial charge in [0, 0.05) is 36.4 Å². The second-order valence-corrected chi connectivity index (χ2v) is 6.55. The molecule has 0 bridgehead atoms. The van der Waals surface area contributed by atoms with E-state index in [1.807, 2.05) is 43.3 Å². The average Bonchev–Trinajstić information content (AvgIpc) is 2.66. The van der Waals surface area contributed by atoms with Gasteiger partial charge in [0.1, 0.15) is 5.82 Å². The van der Waals surface area contributed by atoms with Crippen LogP contribution in [0.5, 0.6) is 0 Å². The minimum Gasteiger partial charge on any atom is -0.366 e. The van der Waals surface area contributed by atoms with Crippen LogP contribution in [-0.2, 0) is 13.1 Å². The maximum Gasteiger partial charge on any atom is 0.227 e. The van der Waals surface area contributed by atoms with Gasteiger partial charge >= 0.3 is 0 Å². The quantitative estimate of drug-likeness (QED) is 0.633. The topological polar surface area (TPSA) is 41.1 Å². The molecule has 0 fully saturated rings. The molecule has 1 aromatic heterocycles. The van der Waals surface area contributed by atoms with E-state index in [-0.39, 0.29) is 0 Å². The Bertz CT molecular complexity index is 852. The summed E-state index contributed by atoms with van der Waals surface area (Å²) in [6.07, 6.45) is 0. The van der Waals surface area contributed by atoms with Crippen LogP contribution in [-0.4, -0.2) is 16.5 Å². The molecule has 5 heteroatoms. The lowest BCUT2D eigenvalue weighted by Crippen LogP contribution is -2.24. The molecule has 0 unspecified atom stereocenters. The number of aromatic nitrogens is 2. The molecule has 0 aliphatic heterocycles. The fourth-order valence-electron chi connectivity index (χ4n) is 2.74. The lowest BCUT2D eigenvalue weighted by Gasteiger charge is -2.22. The maximum atomic E-state index is 6.24. The van der Waals surface area contributed by atoms with Gasteiger partial charge in [-0.3, -0.25) is 0 Å². The van der Waals surface area contributed by atoms with Crippen LogP contribution < -0.4 is 10.2 Å². The molecule has 0 saturated heterocycles. The van der Waals surface area contributed by atoms with Crippen LogP contribution in [0.4, 0.5) is 11.8 Å². The number of anilines is 2. The molecule has 0 saturated carbocycles. The van der Waals surface area contributed by atoms with Crippen LogP contribution in [0.1, 0.15) is 23.7 Å². The lowest BCUT2D eigenvalue weighted by atomic mass is 10.2. The minimum atomic E-state index is 0.625. The number of aryl methyl sites for hydroxylation is 1. The molecule has 0 radical (unpaired) electrons. The van der Waals surface area contributed by atoms with Crippen LogP contribution in [0.2, 0.25) is 5.02 Å². The Morgan fingerprint density at radius 2 is 1.73 bits per heavy atom. The van der Waals surface area contributed by atoms with Gasteiger partial charge in [0.05, 0.1) is 0 Å². The zero-order valence-corrected chi connectivity index (χ0v) is 15.9. The van der Waals surface area contributed by atoms with E-state index in [1.54, 1.807) is 0 Å². The SMILES string of the molecule is CCN(Cc1ccccc1)c1nc(C)cc(NCc2ccccc2Cl)n1. The van der Waals surface area contributed by atoms with Crippen molar-refractivity contribution >= 4 is 23.4 Å². The van der Waals surface area contributed by atoms with Crippen molar-refractivity contribution in [2.45, 2.75) is 26.9 Å². The monoisotopic (exact) mass is 366 g/mol. The van der Waals surface area contributed by atoms with Crippen molar-refractivity contribution < 1.29 is 0 Å². The van der Waals surface area contributed by atoms with Gasteiger partial charge < -0.3 is 10.2 Å². The first-order valence-electron chi connectivity index (χ1n) is 8.77. The average molecular weight is 367 g/mol. The first-order chi connectivity index (χ1) is 12.7. The third-order valence-electron chi connectivity index (χ3n) is 4.14. The third kappa shape index (κ3) is 4.73. The van der Waals surface area contributed by atoms with E-state index in [0.29, 0.717) is 6.54 Å². The van der Waals surface area contributed by atoms with Gasteiger partial charge in [-0.1, -0.05) is 60.1 Å². The van der Waals surface area contributed by atoms with E-state index >= 15 is 0 Å². The summed E-state index contributed by atoms with van der Waals surface area (Å²) in [4.78, 5) is 11.5. The van der Waals surface area contributed by atoms with Crippen molar-refractivity contribution in [3.05, 3.63) is 82.5 Å². The summed E-state index contributed by atoms with van der Waals surface area (Å²) in [5.74, 6) is 1.54. The van der Waals surface area contributed by atoms with Crippen LogP contribution in [0.3, 0.4) is 0 Å². The highest BCUT2D eigenvalue weighted by Gasteiger charge is 2.11. The Labute approximate surface area is 159 Å². The summed E-state index contributed by atoms with van der Waals surface area (Å²) in [5.41, 5.74) is 3.22. The van der Waals surface area contributed by atoms with Crippen molar-refractivity contribution in [3.63, 3.8) is 0 Å². The molecule has 3 aromatic rings. The lowest BCUT2D eigenvalue weighted by molar-refractivity contribution is 0.787. The number of nitrogens with one attached hydrogen (secondary N) is 1. The fourth-order valence-corrected chi connectivity index (χ4v) is 2.94. The maximum absolute atomic E-state index is 6.24. The molecular formula is C21H23ClN4. The van der Waals surface area contributed by atoms with Gasteiger partial charge in [0.25, 0.3) is 0 Å². The second-order valence-electron chi connectivity index (χ2n) is 6.14. The Morgan fingerprint density at radius 3 is 2.46 bits per heavy atom. The number of nitrogens with zero attached hydrogens (tertiary/aromatic N) is 3. The van der Waals surface area contributed by atoms with E-state index in [9.17, 15) is 0 Å². The Kier molecular flexibility index (Phi) is 6.08. The Balaban J connectivity index is 1.76. The first kappa shape index (κ1) is 18.2. The largest absolute Gasteiger partial charge is 0.366 e. The summed E-state index contributed by atoms with van der Waals surface area (Å²) in [7, 11) is 0. The molecule has 0 amide bonds. The number of benzene rings is 2. The highest BCUT2D eigenvalue weighted by molar-refractivity contribution is 6.31. The summed E-state index contributed by atoms with van der Waals surface area (Å²) in [5, 5.41) is 4.12. The predicted octanol–water partition coefficient (Wildman–Crippen LogP) is 5.08. The summed E-state index contributed by atoms with van der Waals surface area (Å²) in [6, 6.07) is 20.2. The van der Waals surface area contributed by atoms with Gasteiger partial charge in [-0.15, -0.1) is 0 Å². The van der Waals surface area contributed by atoms with Gasteiger partial charge in [-0.05, 0) is 31.0 Å². The van der Waals surface area contributed by atoms with Crippen molar-refractivity contribution in [2.75, 3.05) is 16.8 Å². The van der Waals surface area contributed by atoms with Crippen LogP contribution in [0, 0.1) is 6.92 Å². The molecule has 0 atom stereocenters. The van der Waals surface area contributed by atoms with E-state index in [2.05, 4.69) is 46.4 Å². The van der Waals surface area contributed by atoms with Crippen molar-refractivity contribution in [2.24, 2.45) is 0 Å². The molecule has 3 rings (SSSR count). The summed E-state index contributed by atoms with van der Waals surface area (Å²) in [6.45, 7) is 6.35. The molecule has 4 nitrogen and oxygen atoms in total. The molecule has 26 heavy (non-hydrogen) atoms. The molecule has 1 heterocycles. The Hall–Kier alpha value is -2.59. The van der Waals surface area contributed by atoms with Gasteiger partial charge in [0.2, 0.25) is 5.95 Å². The van der Waals surface area contributed by atoms with Gasteiger partial charge in [0.15, 0.2) is 0 Å². The molecule has 1 N–H and O–H groups in total. The van der Waals surface area contributed by atoms with Crippen molar-refractivity contribution in [3.8, 4) is 0 Å². The number of hydrogen-bond donors (Lipinski definition) is 1. The number of halogens is 1. The van der Waals surface area contributed by atoms with E-state index in [0.717, 1.165) is 41.1 Å². The second kappa shape index (κ2) is 8.68. The molecule has 2 aromatic carbocycles. The molecule has 0 spiro atoms. The summed E-state index contributed by atoms with van der Waals surface area (Å²) >= 11 is 6.24. The highest BCUT2D eigenvalue weighted by atomic mass is 35.5. The van der Waals surface area contributed by atoms with Crippen molar-refractivity contribution in [1.82, 2.24) is 9.97 Å².